The van der Waals surface area contributed by atoms with E-state index < -0.39 is 0 Å². The highest BCUT2D eigenvalue weighted by Crippen LogP contribution is 2.29. The summed E-state index contributed by atoms with van der Waals surface area (Å²) in [5, 5.41) is 21.5. The van der Waals surface area contributed by atoms with Gasteiger partial charge < -0.3 is 10.2 Å². The van der Waals surface area contributed by atoms with E-state index in [2.05, 4.69) is 9.97 Å². The van der Waals surface area contributed by atoms with Gasteiger partial charge in [0.2, 0.25) is 0 Å². The summed E-state index contributed by atoms with van der Waals surface area (Å²) >= 11 is 11.8. The van der Waals surface area contributed by atoms with Crippen LogP contribution in [0.5, 0.6) is 11.5 Å². The normalized spacial score (nSPS) is 10.4. The Labute approximate surface area is 147 Å². The maximum Gasteiger partial charge on any atom is 0.141 e. The number of hydrogen-bond donors (Lipinski definition) is 2. The van der Waals surface area contributed by atoms with Crippen molar-refractivity contribution in [1.82, 2.24) is 9.97 Å². The third-order valence-electron chi connectivity index (χ3n) is 3.39. The monoisotopic (exact) mass is 358 g/mol. The Morgan fingerprint density at radius 3 is 1.42 bits per heavy atom. The lowest BCUT2D eigenvalue weighted by atomic mass is 10.2. The average molecular weight is 359 g/mol. The third-order valence-corrected chi connectivity index (χ3v) is 4.05. The van der Waals surface area contributed by atoms with Gasteiger partial charge in [0.1, 0.15) is 22.5 Å². The quantitative estimate of drug-likeness (QED) is 0.454. The minimum absolute atomic E-state index is 0.162. The van der Waals surface area contributed by atoms with E-state index >= 15 is 0 Å². The van der Waals surface area contributed by atoms with Crippen molar-refractivity contribution >= 4 is 45.0 Å². The molecule has 0 atom stereocenters. The van der Waals surface area contributed by atoms with Gasteiger partial charge in [-0.3, -0.25) is 9.97 Å². The van der Waals surface area contributed by atoms with Crippen LogP contribution < -0.4 is 0 Å². The molecule has 24 heavy (non-hydrogen) atoms. The molecule has 0 spiro atoms. The maximum atomic E-state index is 9.37. The van der Waals surface area contributed by atoms with Crippen molar-refractivity contribution in [2.45, 2.75) is 0 Å². The van der Waals surface area contributed by atoms with Gasteiger partial charge in [0, 0.05) is 23.2 Å². The highest BCUT2D eigenvalue weighted by atomic mass is 35.5. The minimum atomic E-state index is 0.162. The van der Waals surface area contributed by atoms with E-state index in [0.717, 1.165) is 10.8 Å². The van der Waals surface area contributed by atoms with Crippen molar-refractivity contribution in [3.63, 3.8) is 0 Å². The van der Waals surface area contributed by atoms with Crippen LogP contribution in [0.3, 0.4) is 0 Å². The molecule has 0 aliphatic carbocycles. The molecular weight excluding hydrogens is 347 g/mol. The summed E-state index contributed by atoms with van der Waals surface area (Å²) in [5.74, 6) is 0.324. The van der Waals surface area contributed by atoms with Crippen LogP contribution in [-0.4, -0.2) is 20.2 Å². The lowest BCUT2D eigenvalue weighted by Gasteiger charge is -2.00. The fourth-order valence-corrected chi connectivity index (χ4v) is 2.68. The largest absolute Gasteiger partial charge is 0.506 e. The zero-order valence-corrected chi connectivity index (χ0v) is 13.8. The smallest absolute Gasteiger partial charge is 0.141 e. The van der Waals surface area contributed by atoms with Crippen LogP contribution in [0.2, 0.25) is 10.0 Å². The number of pyridine rings is 2. The van der Waals surface area contributed by atoms with Crippen molar-refractivity contribution in [1.29, 1.82) is 0 Å². The van der Waals surface area contributed by atoms with E-state index in [1.165, 1.54) is 12.1 Å². The van der Waals surface area contributed by atoms with Crippen molar-refractivity contribution in [3.8, 4) is 11.5 Å². The minimum Gasteiger partial charge on any atom is -0.506 e. The SMILES string of the molecule is Oc1ccc(Cl)c2cccnc12.Oc1ccc(Cl)c2cccnc12. The summed E-state index contributed by atoms with van der Waals surface area (Å²) in [6.07, 6.45) is 3.25. The molecule has 6 heteroatoms. The van der Waals surface area contributed by atoms with Crippen molar-refractivity contribution < 1.29 is 10.2 Å². The number of fused-ring (bicyclic) bond motifs is 2. The number of nitrogens with zero attached hydrogens (tertiary/aromatic N) is 2. The fourth-order valence-electron chi connectivity index (χ4n) is 2.25. The summed E-state index contributed by atoms with van der Waals surface area (Å²) in [7, 11) is 0. The summed E-state index contributed by atoms with van der Waals surface area (Å²) in [5.41, 5.74) is 1.09. The van der Waals surface area contributed by atoms with Gasteiger partial charge in [-0.25, -0.2) is 0 Å². The lowest BCUT2D eigenvalue weighted by Crippen LogP contribution is -1.78. The van der Waals surface area contributed by atoms with Gasteiger partial charge in [0.05, 0.1) is 10.0 Å². The first-order chi connectivity index (χ1) is 11.6. The summed E-state index contributed by atoms with van der Waals surface area (Å²) in [6.45, 7) is 0. The number of rotatable bonds is 0. The van der Waals surface area contributed by atoms with Gasteiger partial charge in [0.15, 0.2) is 0 Å². The summed E-state index contributed by atoms with van der Waals surface area (Å²) < 4.78 is 0. The Morgan fingerprint density at radius 1 is 0.625 bits per heavy atom. The van der Waals surface area contributed by atoms with Gasteiger partial charge in [0.25, 0.3) is 0 Å². The topological polar surface area (TPSA) is 66.2 Å². The second-order valence-corrected chi connectivity index (χ2v) is 5.75. The molecule has 120 valence electrons. The molecule has 0 saturated carbocycles. The second-order valence-electron chi connectivity index (χ2n) is 4.93. The third kappa shape index (κ3) is 3.20. The molecule has 4 nitrogen and oxygen atoms in total. The highest BCUT2D eigenvalue weighted by Gasteiger charge is 2.03. The molecule has 0 aliphatic heterocycles. The molecule has 2 aromatic carbocycles. The van der Waals surface area contributed by atoms with Gasteiger partial charge in [-0.2, -0.15) is 0 Å². The first-order valence-electron chi connectivity index (χ1n) is 7.02. The molecule has 2 heterocycles. The molecule has 0 radical (unpaired) electrons. The van der Waals surface area contributed by atoms with Crippen LogP contribution in [0, 0.1) is 0 Å². The standard InChI is InChI=1S/2C9H6ClNO/c2*10-7-3-4-8(12)9-6(7)2-1-5-11-9/h2*1-5,12H. The predicted molar refractivity (Wildman–Crippen MR) is 96.8 cm³/mol. The maximum absolute atomic E-state index is 9.37. The Morgan fingerprint density at radius 2 is 1.04 bits per heavy atom. The molecule has 0 aliphatic rings. The zero-order valence-electron chi connectivity index (χ0n) is 12.3. The molecule has 0 unspecified atom stereocenters. The molecule has 4 aromatic rings. The van der Waals surface area contributed by atoms with Crippen molar-refractivity contribution in [2.75, 3.05) is 0 Å². The van der Waals surface area contributed by atoms with Crippen LogP contribution in [-0.2, 0) is 0 Å². The molecule has 0 saturated heterocycles. The van der Waals surface area contributed by atoms with Crippen molar-refractivity contribution in [3.05, 3.63) is 71.0 Å². The number of aromatic hydroxyl groups is 2. The number of benzene rings is 2. The van der Waals surface area contributed by atoms with Gasteiger partial charge in [-0.05, 0) is 48.5 Å². The van der Waals surface area contributed by atoms with E-state index in [9.17, 15) is 10.2 Å². The summed E-state index contributed by atoms with van der Waals surface area (Å²) in [6, 6.07) is 13.6. The van der Waals surface area contributed by atoms with E-state index in [-0.39, 0.29) is 11.5 Å². The number of aromatic nitrogens is 2. The van der Waals surface area contributed by atoms with Crippen molar-refractivity contribution in [2.24, 2.45) is 0 Å². The molecule has 4 rings (SSSR count). The Kier molecular flexibility index (Phi) is 4.69. The Hall–Kier alpha value is -2.56. The average Bonchev–Trinajstić information content (AvgIpc) is 2.63. The van der Waals surface area contributed by atoms with Crippen LogP contribution in [0.15, 0.2) is 60.9 Å². The van der Waals surface area contributed by atoms with E-state index in [1.807, 2.05) is 12.1 Å². The number of phenols is 2. The van der Waals surface area contributed by atoms with Gasteiger partial charge >= 0.3 is 0 Å². The fraction of sp³-hybridized carbons (Fsp3) is 0. The molecule has 2 N–H and O–H groups in total. The van der Waals surface area contributed by atoms with E-state index in [1.54, 1.807) is 36.7 Å². The van der Waals surface area contributed by atoms with E-state index in [4.69, 9.17) is 23.2 Å². The lowest BCUT2D eigenvalue weighted by molar-refractivity contribution is 0.480. The number of phenolic OH excluding ortho intramolecular Hbond substituents is 2. The Balaban J connectivity index is 0.000000141. The van der Waals surface area contributed by atoms with E-state index in [0.29, 0.717) is 21.1 Å². The number of halogens is 2. The van der Waals surface area contributed by atoms with Crippen LogP contribution in [0.4, 0.5) is 0 Å². The predicted octanol–water partition coefficient (Wildman–Crippen LogP) is 5.19. The van der Waals surface area contributed by atoms with Crippen LogP contribution >= 0.6 is 23.2 Å². The number of hydrogen-bond acceptors (Lipinski definition) is 4. The molecule has 0 fully saturated rings. The van der Waals surface area contributed by atoms with Gasteiger partial charge in [-0.1, -0.05) is 23.2 Å². The molecule has 0 bridgehead atoms. The Bertz CT molecular complexity index is 858. The second kappa shape index (κ2) is 6.91. The first kappa shape index (κ1) is 16.3. The molecule has 2 aromatic heterocycles. The first-order valence-corrected chi connectivity index (χ1v) is 7.78. The van der Waals surface area contributed by atoms with Gasteiger partial charge in [-0.15, -0.1) is 0 Å². The zero-order chi connectivity index (χ0) is 17.1. The van der Waals surface area contributed by atoms with Crippen LogP contribution in [0.25, 0.3) is 21.8 Å². The highest BCUT2D eigenvalue weighted by molar-refractivity contribution is 6.36. The summed E-state index contributed by atoms with van der Waals surface area (Å²) in [4.78, 5) is 8.01. The van der Waals surface area contributed by atoms with Crippen LogP contribution in [0.1, 0.15) is 0 Å². The molecular formula is C18H12Cl2N2O2. The molecule has 0 amide bonds.